The van der Waals surface area contributed by atoms with E-state index in [2.05, 4.69) is 10.6 Å². The molecule has 8 heteroatoms. The Bertz CT molecular complexity index is 1260. The monoisotopic (exact) mass is 476 g/mol. The zero-order chi connectivity index (χ0) is 25.2. The number of hydrogen-bond acceptors (Lipinski definition) is 4. The van der Waals surface area contributed by atoms with Crippen LogP contribution in [0.25, 0.3) is 11.1 Å². The van der Waals surface area contributed by atoms with Crippen LogP contribution in [0, 0.1) is 11.2 Å². The first-order valence-electron chi connectivity index (χ1n) is 11.1. The molecular weight excluding hydrogens is 451 g/mol. The number of fused-ring (bicyclic) bond motifs is 3. The first-order chi connectivity index (χ1) is 16.7. The van der Waals surface area contributed by atoms with E-state index in [1.165, 1.54) is 19.9 Å². The zero-order valence-corrected chi connectivity index (χ0v) is 19.3. The molecule has 0 aromatic heterocycles. The number of hydrogen-bond donors (Lipinski definition) is 3. The van der Waals surface area contributed by atoms with Crippen LogP contribution in [-0.4, -0.2) is 36.2 Å². The summed E-state index contributed by atoms with van der Waals surface area (Å²) in [5.74, 6) is -2.62. The summed E-state index contributed by atoms with van der Waals surface area (Å²) in [6.07, 6.45) is -0.793. The van der Waals surface area contributed by atoms with Crippen molar-refractivity contribution < 1.29 is 28.6 Å². The van der Waals surface area contributed by atoms with E-state index >= 15 is 0 Å². The van der Waals surface area contributed by atoms with Crippen molar-refractivity contribution >= 4 is 23.7 Å². The van der Waals surface area contributed by atoms with E-state index in [0.29, 0.717) is 0 Å². The first kappa shape index (κ1) is 23.9. The Kier molecular flexibility index (Phi) is 6.55. The number of nitrogens with one attached hydrogen (secondary N) is 2. The molecule has 3 aromatic carbocycles. The Balaban J connectivity index is 1.46. The predicted octanol–water partition coefficient (Wildman–Crippen LogP) is 5.03. The molecule has 0 bridgehead atoms. The van der Waals surface area contributed by atoms with Gasteiger partial charge < -0.3 is 15.2 Å². The van der Waals surface area contributed by atoms with Crippen molar-refractivity contribution in [3.63, 3.8) is 0 Å². The number of carboxylic acid groups (broad SMARTS) is 1. The van der Waals surface area contributed by atoms with Gasteiger partial charge in [0.15, 0.2) is 0 Å². The minimum absolute atomic E-state index is 0.0502. The summed E-state index contributed by atoms with van der Waals surface area (Å²) >= 11 is 0. The molecule has 0 atom stereocenters. The van der Waals surface area contributed by atoms with Crippen LogP contribution < -0.4 is 10.6 Å². The van der Waals surface area contributed by atoms with Crippen molar-refractivity contribution in [2.75, 3.05) is 18.5 Å². The van der Waals surface area contributed by atoms with E-state index in [1.807, 2.05) is 48.5 Å². The smallest absolute Gasteiger partial charge is 0.411 e. The number of rotatable bonds is 7. The Morgan fingerprint density at radius 1 is 0.971 bits per heavy atom. The van der Waals surface area contributed by atoms with Gasteiger partial charge in [0.25, 0.3) is 5.91 Å². The van der Waals surface area contributed by atoms with Gasteiger partial charge in [-0.1, -0.05) is 48.5 Å². The third kappa shape index (κ3) is 5.01. The van der Waals surface area contributed by atoms with Gasteiger partial charge >= 0.3 is 12.1 Å². The maximum atomic E-state index is 13.9. The fourth-order valence-corrected chi connectivity index (χ4v) is 4.03. The SMILES string of the molecule is CC(C)(CNC(=O)c1cc(F)ccc1NC(=O)OCC1c2ccccc2-c2ccccc21)C(=O)O. The predicted molar refractivity (Wildman–Crippen MR) is 129 cm³/mol. The molecule has 0 saturated heterocycles. The lowest BCUT2D eigenvalue weighted by molar-refractivity contribution is -0.146. The quantitative estimate of drug-likeness (QED) is 0.444. The lowest BCUT2D eigenvalue weighted by Crippen LogP contribution is -2.39. The molecule has 0 spiro atoms. The highest BCUT2D eigenvalue weighted by Crippen LogP contribution is 2.44. The Labute approximate surface area is 201 Å². The topological polar surface area (TPSA) is 105 Å². The Morgan fingerprint density at radius 2 is 1.57 bits per heavy atom. The fourth-order valence-electron chi connectivity index (χ4n) is 4.03. The molecule has 0 unspecified atom stereocenters. The van der Waals surface area contributed by atoms with Crippen molar-refractivity contribution in [3.05, 3.63) is 89.2 Å². The number of amides is 2. The van der Waals surface area contributed by atoms with E-state index in [-0.39, 0.29) is 30.3 Å². The van der Waals surface area contributed by atoms with E-state index in [1.54, 1.807) is 0 Å². The van der Waals surface area contributed by atoms with Crippen LogP contribution in [0.4, 0.5) is 14.9 Å². The maximum absolute atomic E-state index is 13.9. The molecule has 0 radical (unpaired) electrons. The van der Waals surface area contributed by atoms with Crippen molar-refractivity contribution in [1.29, 1.82) is 0 Å². The number of carboxylic acids is 1. The summed E-state index contributed by atoms with van der Waals surface area (Å²) in [4.78, 5) is 36.6. The van der Waals surface area contributed by atoms with Crippen LogP contribution >= 0.6 is 0 Å². The lowest BCUT2D eigenvalue weighted by Gasteiger charge is -2.20. The van der Waals surface area contributed by atoms with Gasteiger partial charge in [-0.25, -0.2) is 9.18 Å². The number of anilines is 1. The molecular formula is C27H25FN2O5. The van der Waals surface area contributed by atoms with Crippen LogP contribution in [0.2, 0.25) is 0 Å². The average Bonchev–Trinajstić information content (AvgIpc) is 3.16. The standard InChI is InChI=1S/C27H25FN2O5/c1-27(2,25(32)33)15-29-24(31)21-13-16(28)11-12-23(21)30-26(34)35-14-22-19-9-5-3-7-17(19)18-8-4-6-10-20(18)22/h3-13,22H,14-15H2,1-2H3,(H,29,31)(H,30,34)(H,32,33). The second-order valence-corrected chi connectivity index (χ2v) is 9.01. The summed E-state index contributed by atoms with van der Waals surface area (Å²) < 4.78 is 19.4. The molecule has 35 heavy (non-hydrogen) atoms. The molecule has 0 aliphatic heterocycles. The van der Waals surface area contributed by atoms with Crippen molar-refractivity contribution in [2.24, 2.45) is 5.41 Å². The minimum atomic E-state index is -1.22. The van der Waals surface area contributed by atoms with Gasteiger partial charge in [-0.3, -0.25) is 14.9 Å². The van der Waals surface area contributed by atoms with E-state index < -0.39 is 29.2 Å². The molecule has 3 aromatic rings. The third-order valence-electron chi connectivity index (χ3n) is 6.08. The van der Waals surface area contributed by atoms with Crippen molar-refractivity contribution in [2.45, 2.75) is 19.8 Å². The number of halogens is 1. The van der Waals surface area contributed by atoms with Gasteiger partial charge in [-0.15, -0.1) is 0 Å². The molecule has 0 heterocycles. The summed E-state index contributed by atoms with van der Waals surface area (Å²) in [6.45, 7) is 2.81. The second kappa shape index (κ2) is 9.58. The number of carbonyl (C=O) groups is 3. The third-order valence-corrected chi connectivity index (χ3v) is 6.08. The van der Waals surface area contributed by atoms with Crippen molar-refractivity contribution in [3.8, 4) is 11.1 Å². The van der Waals surface area contributed by atoms with E-state index in [4.69, 9.17) is 4.74 Å². The van der Waals surface area contributed by atoms with Crippen LogP contribution in [0.5, 0.6) is 0 Å². The highest BCUT2D eigenvalue weighted by atomic mass is 19.1. The summed E-state index contributed by atoms with van der Waals surface area (Å²) in [5.41, 5.74) is 3.00. The number of carbonyl (C=O) groups excluding carboxylic acids is 2. The number of benzene rings is 3. The fraction of sp³-hybridized carbons (Fsp3) is 0.222. The highest BCUT2D eigenvalue weighted by molar-refractivity contribution is 6.02. The average molecular weight is 477 g/mol. The van der Waals surface area contributed by atoms with Crippen LogP contribution in [0.3, 0.4) is 0 Å². The molecule has 1 aliphatic carbocycles. The first-order valence-corrected chi connectivity index (χ1v) is 11.1. The van der Waals surface area contributed by atoms with Crippen LogP contribution in [0.1, 0.15) is 41.3 Å². The summed E-state index contributed by atoms with van der Waals surface area (Å²) in [5, 5.41) is 14.2. The molecule has 3 N–H and O–H groups in total. The Hall–Kier alpha value is -4.20. The van der Waals surface area contributed by atoms with Crippen LogP contribution in [0.15, 0.2) is 66.7 Å². The molecule has 1 aliphatic rings. The maximum Gasteiger partial charge on any atom is 0.411 e. The van der Waals surface area contributed by atoms with E-state index in [9.17, 15) is 23.9 Å². The van der Waals surface area contributed by atoms with Gasteiger partial charge in [0.1, 0.15) is 12.4 Å². The number of aliphatic carboxylic acids is 1. The second-order valence-electron chi connectivity index (χ2n) is 9.01. The minimum Gasteiger partial charge on any atom is -0.481 e. The molecule has 0 saturated carbocycles. The molecule has 7 nitrogen and oxygen atoms in total. The van der Waals surface area contributed by atoms with Gasteiger partial charge in [0.05, 0.1) is 16.7 Å². The van der Waals surface area contributed by atoms with Crippen molar-refractivity contribution in [1.82, 2.24) is 5.32 Å². The lowest BCUT2D eigenvalue weighted by atomic mass is 9.94. The van der Waals surface area contributed by atoms with Gasteiger partial charge in [0, 0.05) is 12.5 Å². The van der Waals surface area contributed by atoms with Gasteiger partial charge in [-0.2, -0.15) is 0 Å². The largest absolute Gasteiger partial charge is 0.481 e. The highest BCUT2D eigenvalue weighted by Gasteiger charge is 2.30. The summed E-state index contributed by atoms with van der Waals surface area (Å²) in [6, 6.07) is 19.2. The Morgan fingerprint density at radius 3 is 2.17 bits per heavy atom. The molecule has 180 valence electrons. The molecule has 2 amide bonds. The molecule has 0 fully saturated rings. The zero-order valence-electron chi connectivity index (χ0n) is 19.3. The van der Waals surface area contributed by atoms with Crippen LogP contribution in [-0.2, 0) is 9.53 Å². The molecule has 4 rings (SSSR count). The van der Waals surface area contributed by atoms with E-state index in [0.717, 1.165) is 34.4 Å². The summed E-state index contributed by atoms with van der Waals surface area (Å²) in [7, 11) is 0. The van der Waals surface area contributed by atoms with Gasteiger partial charge in [-0.05, 0) is 54.3 Å². The number of ether oxygens (including phenoxy) is 1. The normalized spacial score (nSPS) is 12.4. The van der Waals surface area contributed by atoms with Gasteiger partial charge in [0.2, 0.25) is 0 Å².